The Morgan fingerprint density at radius 1 is 0.885 bits per heavy atom. The van der Waals surface area contributed by atoms with E-state index in [1.54, 1.807) is 60.3 Å². The minimum Gasteiger partial charge on any atom is -0.503 e. The van der Waals surface area contributed by atoms with Crippen molar-refractivity contribution in [1.82, 2.24) is 9.78 Å². The molecule has 6 unspecified atom stereocenters. The van der Waals surface area contributed by atoms with Gasteiger partial charge in [0.25, 0.3) is 0 Å². The van der Waals surface area contributed by atoms with Crippen molar-refractivity contribution in [2.75, 3.05) is 22.2 Å². The van der Waals surface area contributed by atoms with Crippen LogP contribution in [0.4, 0.5) is 22.9 Å². The van der Waals surface area contributed by atoms with Crippen LogP contribution in [0.15, 0.2) is 103 Å². The molecule has 2 N–H and O–H groups in total. The summed E-state index contributed by atoms with van der Waals surface area (Å²) in [4.78, 5) is 62.7. The van der Waals surface area contributed by atoms with E-state index in [1.165, 1.54) is 16.9 Å². The second-order valence-electron chi connectivity index (χ2n) is 16.5. The second-order valence-corrected chi connectivity index (χ2v) is 18.4. The van der Waals surface area contributed by atoms with Crippen LogP contribution in [0.1, 0.15) is 36.8 Å². The number of carbonyl (C=O) groups is 4. The normalized spacial score (nSPS) is 24.6. The van der Waals surface area contributed by atoms with Crippen LogP contribution in [0.25, 0.3) is 20.7 Å². The summed E-state index contributed by atoms with van der Waals surface area (Å²) in [6, 6.07) is 27.6. The van der Waals surface area contributed by atoms with E-state index in [-0.39, 0.29) is 41.2 Å². The van der Waals surface area contributed by atoms with Gasteiger partial charge >= 0.3 is 0 Å². The number of aromatic hydroxyl groups is 1. The maximum Gasteiger partial charge on any atom is 0.242 e. The second kappa shape index (κ2) is 14.3. The van der Waals surface area contributed by atoms with E-state index in [2.05, 4.69) is 5.32 Å². The lowest BCUT2D eigenvalue weighted by molar-refractivity contribution is -0.131. The van der Waals surface area contributed by atoms with Gasteiger partial charge in [0, 0.05) is 40.1 Å². The van der Waals surface area contributed by atoms with Gasteiger partial charge in [-0.15, -0.1) is 11.3 Å². The van der Waals surface area contributed by atoms with E-state index < -0.39 is 46.8 Å². The molecule has 6 aromatic rings. The number of anilines is 4. The van der Waals surface area contributed by atoms with Gasteiger partial charge < -0.3 is 15.2 Å². The number of ether oxygens (including phenoxy) is 1. The maximum absolute atomic E-state index is 15.3. The predicted molar refractivity (Wildman–Crippen MR) is 237 cm³/mol. The number of aryl methyl sites for hydroxylation is 2. The van der Waals surface area contributed by atoms with Crippen LogP contribution in [0.5, 0.6) is 11.5 Å². The molecule has 11 nitrogen and oxygen atoms in total. The molecule has 4 heterocycles. The Morgan fingerprint density at radius 2 is 1.62 bits per heavy atom. The zero-order valence-corrected chi connectivity index (χ0v) is 35.8. The highest BCUT2D eigenvalue weighted by molar-refractivity contribution is 7.22. The average Bonchev–Trinajstić information content (AvgIpc) is 3.92. The first kappa shape index (κ1) is 39.2. The minimum absolute atomic E-state index is 0.0132. The summed E-state index contributed by atoms with van der Waals surface area (Å²) >= 11 is 14.5. The van der Waals surface area contributed by atoms with Gasteiger partial charge in [0.05, 0.1) is 45.9 Å². The fourth-order valence-corrected chi connectivity index (χ4v) is 11.9. The lowest BCUT2D eigenvalue weighted by Crippen LogP contribution is -2.49. The number of amides is 4. The van der Waals surface area contributed by atoms with Crippen LogP contribution in [0.2, 0.25) is 10.0 Å². The lowest BCUT2D eigenvalue weighted by Gasteiger charge is -2.49. The summed E-state index contributed by atoms with van der Waals surface area (Å²) in [5.74, 6) is -4.99. The van der Waals surface area contributed by atoms with Gasteiger partial charge in [0.15, 0.2) is 11.5 Å². The number of allylic oxidation sites excluding steroid dienone is 2. The summed E-state index contributed by atoms with van der Waals surface area (Å²) in [7, 11) is 3.12. The molecule has 4 aromatic carbocycles. The Labute approximate surface area is 365 Å². The van der Waals surface area contributed by atoms with Crippen molar-refractivity contribution in [2.24, 2.45) is 36.1 Å². The number of benzene rings is 4. The average molecular weight is 873 g/mol. The quantitative estimate of drug-likeness (QED) is 0.120. The van der Waals surface area contributed by atoms with E-state index in [9.17, 15) is 14.7 Å². The molecule has 10 rings (SSSR count). The van der Waals surface area contributed by atoms with Gasteiger partial charge in [-0.25, -0.2) is 4.90 Å². The molecule has 4 amide bonds. The highest BCUT2D eigenvalue weighted by Crippen LogP contribution is 2.64. The van der Waals surface area contributed by atoms with Crippen LogP contribution >= 0.6 is 34.5 Å². The molecule has 2 aliphatic heterocycles. The van der Waals surface area contributed by atoms with Crippen LogP contribution in [0, 0.1) is 36.0 Å². The number of fused-ring (bicyclic) bond motifs is 5. The van der Waals surface area contributed by atoms with E-state index in [0.29, 0.717) is 27.8 Å². The first-order valence-corrected chi connectivity index (χ1v) is 21.5. The van der Waals surface area contributed by atoms with Crippen molar-refractivity contribution in [1.29, 1.82) is 0 Å². The summed E-state index contributed by atoms with van der Waals surface area (Å²) < 4.78 is 8.12. The number of para-hydroxylation sites is 1. The molecule has 2 aliphatic carbocycles. The van der Waals surface area contributed by atoms with Gasteiger partial charge in [-0.1, -0.05) is 53.1 Å². The van der Waals surface area contributed by atoms with Crippen LogP contribution in [0.3, 0.4) is 0 Å². The minimum atomic E-state index is -1.36. The van der Waals surface area contributed by atoms with Crippen molar-refractivity contribution in [3.63, 3.8) is 0 Å². The molecule has 4 aliphatic rings. The molecular formula is C47H39Cl2N5O6S. The molecular weight excluding hydrogens is 834 g/mol. The molecule has 1 saturated carbocycles. The molecule has 0 spiro atoms. The van der Waals surface area contributed by atoms with Crippen LogP contribution in [-0.2, 0) is 26.2 Å². The van der Waals surface area contributed by atoms with Gasteiger partial charge in [0.1, 0.15) is 11.5 Å². The molecule has 2 aromatic heterocycles. The number of aromatic nitrogens is 2. The number of hydrogen-bond acceptors (Lipinski definition) is 9. The SMILES string of the molecule is COc1cc(C2C3=CCC4C(=O)N(c5ccc(Nc6ccccc6)cc5)C(=O)C4C3CC3C(=O)N(c4cc(-c5sc6ccc(Cl)cc6c5C)nn4C)C(=O)C32C)cc(Cl)c1O. The smallest absolute Gasteiger partial charge is 0.242 e. The Balaban J connectivity index is 1.04. The van der Waals surface area contributed by atoms with E-state index in [0.717, 1.165) is 37.5 Å². The molecule has 61 heavy (non-hydrogen) atoms. The third kappa shape index (κ3) is 5.86. The van der Waals surface area contributed by atoms with Crippen molar-refractivity contribution in [3.8, 4) is 22.1 Å². The summed E-state index contributed by atoms with van der Waals surface area (Å²) in [5.41, 5.74) is 3.72. The highest BCUT2D eigenvalue weighted by atomic mass is 35.5. The van der Waals surface area contributed by atoms with Crippen LogP contribution in [-0.4, -0.2) is 45.6 Å². The van der Waals surface area contributed by atoms with E-state index in [4.69, 9.17) is 33.0 Å². The Kier molecular flexibility index (Phi) is 9.21. The van der Waals surface area contributed by atoms with Gasteiger partial charge in [-0.2, -0.15) is 5.10 Å². The molecule has 0 bridgehead atoms. The summed E-state index contributed by atoms with van der Waals surface area (Å²) in [6.45, 7) is 3.80. The number of halogens is 2. The number of methoxy groups -OCH3 is 1. The van der Waals surface area contributed by atoms with Crippen LogP contribution < -0.4 is 19.9 Å². The maximum atomic E-state index is 15.3. The fourth-order valence-electron chi connectivity index (χ4n) is 10.4. The topological polar surface area (TPSA) is 134 Å². The standard InChI is InChI=1S/C47H39Cl2N5O6S/c1-23-31-20-25(48)10-17-37(31)61-42(23)35-22-38(52(3)51-35)54-44(57)33-21-32-29(40(47(33,2)46(54)59)24-18-34(49)41(55)36(19-24)60-4)15-16-30-39(32)45(58)53(43(30)56)28-13-11-27(12-14-28)50-26-8-6-5-7-9-26/h5-15,17-20,22,30,32-33,39-40,50,55H,16,21H2,1-4H3. The molecule has 3 fully saturated rings. The largest absolute Gasteiger partial charge is 0.503 e. The monoisotopic (exact) mass is 871 g/mol. The lowest BCUT2D eigenvalue weighted by atomic mass is 9.51. The Hall–Kier alpha value is -5.95. The molecule has 6 atom stereocenters. The summed E-state index contributed by atoms with van der Waals surface area (Å²) in [6.07, 6.45) is 2.41. The van der Waals surface area contributed by atoms with Crippen molar-refractivity contribution in [2.45, 2.75) is 32.6 Å². The van der Waals surface area contributed by atoms with Crippen molar-refractivity contribution >= 4 is 91.1 Å². The number of rotatable bonds is 7. The number of carbonyl (C=O) groups excluding carboxylic acids is 4. The number of nitrogens with zero attached hydrogens (tertiary/aromatic N) is 4. The number of phenolic OH excluding ortho intramolecular Hbond substituents is 1. The fraction of sp³-hybridized carbons (Fsp3) is 0.255. The highest BCUT2D eigenvalue weighted by Gasteiger charge is 2.68. The Morgan fingerprint density at radius 3 is 2.36 bits per heavy atom. The zero-order valence-electron chi connectivity index (χ0n) is 33.5. The van der Waals surface area contributed by atoms with E-state index in [1.807, 2.05) is 73.7 Å². The first-order chi connectivity index (χ1) is 29.3. The molecule has 308 valence electrons. The zero-order chi connectivity index (χ0) is 42.6. The number of nitrogens with one attached hydrogen (secondary N) is 1. The third-order valence-corrected chi connectivity index (χ3v) is 15.1. The predicted octanol–water partition coefficient (Wildman–Crippen LogP) is 9.81. The number of imide groups is 2. The van der Waals surface area contributed by atoms with Gasteiger partial charge in [0.2, 0.25) is 23.6 Å². The van der Waals surface area contributed by atoms with Gasteiger partial charge in [-0.05, 0) is 116 Å². The molecule has 0 radical (unpaired) electrons. The van der Waals surface area contributed by atoms with E-state index >= 15 is 9.59 Å². The number of phenols is 1. The van der Waals surface area contributed by atoms with Crippen molar-refractivity contribution in [3.05, 3.63) is 124 Å². The van der Waals surface area contributed by atoms with Crippen molar-refractivity contribution < 1.29 is 29.0 Å². The molecule has 14 heteroatoms. The Bertz CT molecular complexity index is 2890. The number of hydrogen-bond donors (Lipinski definition) is 2. The number of thiophene rings is 1. The third-order valence-electron chi connectivity index (χ3n) is 13.3. The summed E-state index contributed by atoms with van der Waals surface area (Å²) in [5, 5.41) is 20.6. The first-order valence-electron chi connectivity index (χ1n) is 20.0. The van der Waals surface area contributed by atoms with Gasteiger partial charge in [-0.3, -0.25) is 28.8 Å². The molecule has 2 saturated heterocycles.